The van der Waals surface area contributed by atoms with Crippen LogP contribution in [0.3, 0.4) is 0 Å². The van der Waals surface area contributed by atoms with Gasteiger partial charge in [0.1, 0.15) is 11.5 Å². The number of aryl methyl sites for hydroxylation is 1. The first-order valence-electron chi connectivity index (χ1n) is 6.27. The van der Waals surface area contributed by atoms with Gasteiger partial charge in [0.2, 0.25) is 0 Å². The molecule has 6 heteroatoms. The standard InChI is InChI=1S/C13H19N5O/c1-9(2)13-15-7-12(11(17-13)6-14-3)19-10-5-16-18(4)8-10/h5,7-9,14H,6H2,1-4H3. The quantitative estimate of drug-likeness (QED) is 0.889. The molecule has 6 nitrogen and oxygen atoms in total. The van der Waals surface area contributed by atoms with Gasteiger partial charge in [0, 0.05) is 19.5 Å². The molecule has 0 aromatic carbocycles. The zero-order chi connectivity index (χ0) is 13.8. The number of hydrogen-bond donors (Lipinski definition) is 1. The first-order valence-corrected chi connectivity index (χ1v) is 6.27. The topological polar surface area (TPSA) is 64.9 Å². The van der Waals surface area contributed by atoms with Gasteiger partial charge in [-0.25, -0.2) is 9.97 Å². The van der Waals surface area contributed by atoms with Gasteiger partial charge in [-0.2, -0.15) is 5.10 Å². The average molecular weight is 261 g/mol. The fourth-order valence-electron chi connectivity index (χ4n) is 1.66. The number of hydrogen-bond acceptors (Lipinski definition) is 5. The van der Waals surface area contributed by atoms with Crippen LogP contribution in [0.5, 0.6) is 11.5 Å². The van der Waals surface area contributed by atoms with Crippen molar-refractivity contribution >= 4 is 0 Å². The van der Waals surface area contributed by atoms with Crippen molar-refractivity contribution in [3.8, 4) is 11.5 Å². The molecule has 19 heavy (non-hydrogen) atoms. The van der Waals surface area contributed by atoms with Crippen molar-refractivity contribution in [3.63, 3.8) is 0 Å². The van der Waals surface area contributed by atoms with Crippen molar-refractivity contribution in [1.29, 1.82) is 0 Å². The minimum Gasteiger partial charge on any atom is -0.450 e. The highest BCUT2D eigenvalue weighted by molar-refractivity contribution is 5.30. The summed E-state index contributed by atoms with van der Waals surface area (Å²) >= 11 is 0. The van der Waals surface area contributed by atoms with E-state index in [2.05, 4.69) is 34.2 Å². The van der Waals surface area contributed by atoms with Gasteiger partial charge in [-0.3, -0.25) is 4.68 Å². The lowest BCUT2D eigenvalue weighted by molar-refractivity contribution is 0.464. The SMILES string of the molecule is CNCc1nc(C(C)C)ncc1Oc1cnn(C)c1. The normalized spacial score (nSPS) is 11.0. The first kappa shape index (κ1) is 13.5. The molecule has 0 fully saturated rings. The Balaban J connectivity index is 2.28. The first-order chi connectivity index (χ1) is 9.10. The average Bonchev–Trinajstić information content (AvgIpc) is 2.77. The Morgan fingerprint density at radius 2 is 2.16 bits per heavy atom. The Morgan fingerprint density at radius 3 is 2.74 bits per heavy atom. The van der Waals surface area contributed by atoms with E-state index in [0.29, 0.717) is 24.0 Å². The lowest BCUT2D eigenvalue weighted by Crippen LogP contribution is -2.11. The molecule has 0 atom stereocenters. The smallest absolute Gasteiger partial charge is 0.168 e. The van der Waals surface area contributed by atoms with Crippen LogP contribution in [-0.4, -0.2) is 26.8 Å². The van der Waals surface area contributed by atoms with Crippen molar-refractivity contribution in [3.05, 3.63) is 30.1 Å². The molecule has 1 N–H and O–H groups in total. The fourth-order valence-corrected chi connectivity index (χ4v) is 1.66. The molecule has 0 aliphatic heterocycles. The van der Waals surface area contributed by atoms with Crippen molar-refractivity contribution < 1.29 is 4.74 Å². The van der Waals surface area contributed by atoms with Crippen LogP contribution in [0.15, 0.2) is 18.6 Å². The van der Waals surface area contributed by atoms with E-state index in [1.165, 1.54) is 0 Å². The summed E-state index contributed by atoms with van der Waals surface area (Å²) in [6.45, 7) is 4.78. The molecule has 0 aliphatic rings. The highest BCUT2D eigenvalue weighted by atomic mass is 16.5. The van der Waals surface area contributed by atoms with Gasteiger partial charge in [-0.1, -0.05) is 13.8 Å². The van der Waals surface area contributed by atoms with E-state index in [1.54, 1.807) is 23.3 Å². The van der Waals surface area contributed by atoms with Gasteiger partial charge in [-0.15, -0.1) is 0 Å². The van der Waals surface area contributed by atoms with Gasteiger partial charge in [0.15, 0.2) is 11.5 Å². The van der Waals surface area contributed by atoms with Gasteiger partial charge in [0.05, 0.1) is 18.6 Å². The number of rotatable bonds is 5. The molecule has 0 saturated carbocycles. The number of nitrogens with zero attached hydrogens (tertiary/aromatic N) is 4. The van der Waals surface area contributed by atoms with E-state index in [4.69, 9.17) is 4.74 Å². The summed E-state index contributed by atoms with van der Waals surface area (Å²) in [5.74, 6) is 2.46. The molecule has 0 unspecified atom stereocenters. The van der Waals surface area contributed by atoms with E-state index in [1.807, 2.05) is 14.1 Å². The summed E-state index contributed by atoms with van der Waals surface area (Å²) in [5.41, 5.74) is 0.852. The molecule has 2 rings (SSSR count). The molecule has 0 radical (unpaired) electrons. The van der Waals surface area contributed by atoms with Gasteiger partial charge < -0.3 is 10.1 Å². The number of ether oxygens (including phenoxy) is 1. The highest BCUT2D eigenvalue weighted by Crippen LogP contribution is 2.24. The van der Waals surface area contributed by atoms with Crippen LogP contribution in [0.2, 0.25) is 0 Å². The van der Waals surface area contributed by atoms with Crippen LogP contribution in [0, 0.1) is 0 Å². The zero-order valence-electron chi connectivity index (χ0n) is 11.7. The summed E-state index contributed by atoms with van der Waals surface area (Å²) in [5, 5.41) is 7.16. The Bertz CT molecular complexity index is 550. The van der Waals surface area contributed by atoms with Crippen molar-refractivity contribution in [2.75, 3.05) is 7.05 Å². The minimum absolute atomic E-state index is 0.294. The van der Waals surface area contributed by atoms with E-state index >= 15 is 0 Å². The highest BCUT2D eigenvalue weighted by Gasteiger charge is 2.11. The van der Waals surface area contributed by atoms with Crippen molar-refractivity contribution in [2.24, 2.45) is 7.05 Å². The Morgan fingerprint density at radius 1 is 1.37 bits per heavy atom. The molecule has 102 valence electrons. The van der Waals surface area contributed by atoms with Crippen LogP contribution in [0.25, 0.3) is 0 Å². The summed E-state index contributed by atoms with van der Waals surface area (Å²) in [6.07, 6.45) is 5.20. The maximum atomic E-state index is 5.77. The molecule has 2 aromatic heterocycles. The molecule has 2 heterocycles. The zero-order valence-corrected chi connectivity index (χ0v) is 11.7. The summed E-state index contributed by atoms with van der Waals surface area (Å²) in [4.78, 5) is 8.87. The van der Waals surface area contributed by atoms with Crippen molar-refractivity contribution in [2.45, 2.75) is 26.3 Å². The lowest BCUT2D eigenvalue weighted by Gasteiger charge is -2.11. The third kappa shape index (κ3) is 3.29. The monoisotopic (exact) mass is 261 g/mol. The second kappa shape index (κ2) is 5.79. The van der Waals surface area contributed by atoms with Crippen LogP contribution >= 0.6 is 0 Å². The van der Waals surface area contributed by atoms with Crippen LogP contribution in [0.4, 0.5) is 0 Å². The molecular formula is C13H19N5O. The molecule has 0 aliphatic carbocycles. The minimum atomic E-state index is 0.294. The van der Waals surface area contributed by atoms with Gasteiger partial charge in [-0.05, 0) is 7.05 Å². The molecular weight excluding hydrogens is 242 g/mol. The van der Waals surface area contributed by atoms with E-state index in [9.17, 15) is 0 Å². The molecule has 2 aromatic rings. The van der Waals surface area contributed by atoms with E-state index in [-0.39, 0.29) is 0 Å². The third-order valence-corrected chi connectivity index (χ3v) is 2.62. The van der Waals surface area contributed by atoms with Crippen molar-refractivity contribution in [1.82, 2.24) is 25.1 Å². The maximum Gasteiger partial charge on any atom is 0.168 e. The van der Waals surface area contributed by atoms with Gasteiger partial charge in [0.25, 0.3) is 0 Å². The van der Waals surface area contributed by atoms with Gasteiger partial charge >= 0.3 is 0 Å². The molecule has 0 saturated heterocycles. The largest absolute Gasteiger partial charge is 0.450 e. The predicted molar refractivity (Wildman–Crippen MR) is 72.2 cm³/mol. The Hall–Kier alpha value is -1.95. The van der Waals surface area contributed by atoms with Crippen LogP contribution < -0.4 is 10.1 Å². The molecule has 0 amide bonds. The van der Waals surface area contributed by atoms with Crippen LogP contribution in [-0.2, 0) is 13.6 Å². The fraction of sp³-hybridized carbons (Fsp3) is 0.462. The summed E-state index contributed by atoms with van der Waals surface area (Å²) < 4.78 is 7.46. The number of nitrogens with one attached hydrogen (secondary N) is 1. The maximum absolute atomic E-state index is 5.77. The van der Waals surface area contributed by atoms with Crippen LogP contribution in [0.1, 0.15) is 31.3 Å². The summed E-state index contributed by atoms with van der Waals surface area (Å²) in [6, 6.07) is 0. The van der Waals surface area contributed by atoms with E-state index < -0.39 is 0 Å². The Kier molecular flexibility index (Phi) is 4.11. The lowest BCUT2D eigenvalue weighted by atomic mass is 10.2. The second-order valence-corrected chi connectivity index (χ2v) is 4.68. The second-order valence-electron chi connectivity index (χ2n) is 4.68. The molecule has 0 bridgehead atoms. The molecule has 0 spiro atoms. The summed E-state index contributed by atoms with van der Waals surface area (Å²) in [7, 11) is 3.73. The number of aromatic nitrogens is 4. The van der Waals surface area contributed by atoms with E-state index in [0.717, 1.165) is 11.5 Å². The third-order valence-electron chi connectivity index (χ3n) is 2.62. The Labute approximate surface area is 112 Å². The predicted octanol–water partition coefficient (Wildman–Crippen LogP) is 1.85.